The van der Waals surface area contributed by atoms with Crippen molar-refractivity contribution in [1.29, 1.82) is 0 Å². The first-order chi connectivity index (χ1) is 18.2. The summed E-state index contributed by atoms with van der Waals surface area (Å²) < 4.78 is 57.8. The van der Waals surface area contributed by atoms with E-state index in [9.17, 15) is 18.0 Å². The highest BCUT2D eigenvalue weighted by Gasteiger charge is 2.52. The minimum atomic E-state index is -4.01. The molecule has 1 unspecified atom stereocenters. The highest BCUT2D eigenvalue weighted by atomic mass is 32.2. The van der Waals surface area contributed by atoms with Gasteiger partial charge < -0.3 is 14.5 Å². The molecule has 190 valence electrons. The number of carbonyl (C=O) groups is 2. The molecule has 1 saturated heterocycles. The van der Waals surface area contributed by atoms with E-state index in [1.807, 2.05) is 0 Å². The van der Waals surface area contributed by atoms with Crippen LogP contribution >= 0.6 is 0 Å². The number of hydrogen-bond acceptors (Lipinski definition) is 6. The van der Waals surface area contributed by atoms with Crippen LogP contribution in [0.3, 0.4) is 0 Å². The van der Waals surface area contributed by atoms with Gasteiger partial charge in [-0.15, -0.1) is 0 Å². The van der Waals surface area contributed by atoms with E-state index in [4.69, 9.17) is 8.85 Å². The fourth-order valence-corrected chi connectivity index (χ4v) is 6.48. The number of nitrogens with zero attached hydrogens (tertiary/aromatic N) is 4. The molecular formula is C26H30N4O5S. The number of amides is 2. The second-order valence-corrected chi connectivity index (χ2v) is 12.0. The van der Waals surface area contributed by atoms with Gasteiger partial charge in [0, 0.05) is 41.3 Å². The smallest absolute Gasteiger partial charge is 0.410 e. The van der Waals surface area contributed by atoms with Gasteiger partial charge in [-0.25, -0.2) is 22.2 Å². The largest absolute Gasteiger partial charge is 0.444 e. The van der Waals surface area contributed by atoms with Crippen molar-refractivity contribution in [3.8, 4) is 0 Å². The van der Waals surface area contributed by atoms with Crippen LogP contribution in [-0.2, 0) is 25.0 Å². The van der Waals surface area contributed by atoms with Gasteiger partial charge in [0.1, 0.15) is 5.60 Å². The fraction of sp³-hybridized carbons (Fsp3) is 0.423. The molecule has 0 radical (unpaired) electrons. The molecule has 0 bridgehead atoms. The number of carbonyl (C=O) groups excluding carboxylic acids is 2. The van der Waals surface area contributed by atoms with Gasteiger partial charge in [-0.1, -0.05) is 18.2 Å². The molecule has 1 fully saturated rings. The van der Waals surface area contributed by atoms with Crippen molar-refractivity contribution in [3.63, 3.8) is 0 Å². The number of benzene rings is 1. The maximum atomic E-state index is 14.0. The van der Waals surface area contributed by atoms with E-state index in [2.05, 4.69) is 4.98 Å². The molecule has 3 aromatic rings. The summed E-state index contributed by atoms with van der Waals surface area (Å²) in [4.78, 5) is 33.6. The van der Waals surface area contributed by atoms with Crippen LogP contribution in [0.15, 0.2) is 53.7 Å². The van der Waals surface area contributed by atoms with E-state index in [1.54, 1.807) is 45.0 Å². The Morgan fingerprint density at radius 3 is 2.58 bits per heavy atom. The number of aromatic nitrogens is 2. The molecular weight excluding hydrogens is 480 g/mol. The monoisotopic (exact) mass is 513 g/mol. The average Bonchev–Trinajstić information content (AvgIpc) is 3.28. The number of anilines is 1. The molecule has 2 aliphatic rings. The van der Waals surface area contributed by atoms with Gasteiger partial charge in [-0.3, -0.25) is 4.79 Å². The third-order valence-corrected chi connectivity index (χ3v) is 8.47. The predicted molar refractivity (Wildman–Crippen MR) is 136 cm³/mol. The molecule has 2 amide bonds. The Morgan fingerprint density at radius 1 is 1.14 bits per heavy atom. The Labute approximate surface area is 214 Å². The molecule has 1 aromatic carbocycles. The summed E-state index contributed by atoms with van der Waals surface area (Å²) in [7, 11) is -4.01. The van der Waals surface area contributed by atoms with Crippen molar-refractivity contribution in [2.45, 2.75) is 55.9 Å². The number of pyridine rings is 1. The van der Waals surface area contributed by atoms with Gasteiger partial charge in [0.15, 0.2) is 5.65 Å². The van der Waals surface area contributed by atoms with E-state index >= 15 is 0 Å². The van der Waals surface area contributed by atoms with Crippen LogP contribution in [-0.4, -0.2) is 59.9 Å². The highest BCUT2D eigenvalue weighted by Crippen LogP contribution is 2.50. The van der Waals surface area contributed by atoms with Crippen LogP contribution in [0.4, 0.5) is 10.5 Å². The molecule has 5 rings (SSSR count). The molecule has 9 nitrogen and oxygen atoms in total. The van der Waals surface area contributed by atoms with Gasteiger partial charge in [-0.2, -0.15) is 0 Å². The zero-order chi connectivity index (χ0) is 28.4. The van der Waals surface area contributed by atoms with Crippen molar-refractivity contribution >= 4 is 38.7 Å². The topological polar surface area (TPSA) is 102 Å². The van der Waals surface area contributed by atoms with Crippen molar-refractivity contribution in [1.82, 2.24) is 13.9 Å². The molecule has 0 N–H and O–H groups in total. The molecule has 0 saturated carbocycles. The lowest BCUT2D eigenvalue weighted by Crippen LogP contribution is -2.41. The van der Waals surface area contributed by atoms with Gasteiger partial charge >= 0.3 is 6.09 Å². The van der Waals surface area contributed by atoms with Crippen molar-refractivity contribution < 1.29 is 26.9 Å². The predicted octanol–water partition coefficient (Wildman–Crippen LogP) is 3.91. The Balaban J connectivity index is 1.65. The summed E-state index contributed by atoms with van der Waals surface area (Å²) in [6, 6.07) is 9.47. The Bertz CT molecular complexity index is 1560. The minimum Gasteiger partial charge on any atom is -0.444 e. The van der Waals surface area contributed by atoms with Gasteiger partial charge in [0.2, 0.25) is 5.91 Å². The Morgan fingerprint density at radius 2 is 1.89 bits per heavy atom. The zero-order valence-corrected chi connectivity index (χ0v) is 21.2. The average molecular weight is 514 g/mol. The van der Waals surface area contributed by atoms with Crippen LogP contribution in [0.1, 0.15) is 49.7 Å². The second kappa shape index (κ2) is 8.33. The number of likely N-dealkylation sites (N-methyl/N-ethyl adjacent to an activating group) is 1. The quantitative estimate of drug-likeness (QED) is 0.515. The zero-order valence-electron chi connectivity index (χ0n) is 23.4. The molecule has 2 aromatic heterocycles. The first kappa shape index (κ1) is 20.8. The van der Waals surface area contributed by atoms with Crippen molar-refractivity contribution in [3.05, 3.63) is 54.4 Å². The van der Waals surface area contributed by atoms with Crippen LogP contribution in [0.2, 0.25) is 0 Å². The molecule has 2 aliphatic heterocycles. The minimum absolute atomic E-state index is 0.0715. The van der Waals surface area contributed by atoms with E-state index < -0.39 is 40.0 Å². The summed E-state index contributed by atoms with van der Waals surface area (Å²) in [6.07, 6.45) is 3.00. The maximum absolute atomic E-state index is 14.0. The summed E-state index contributed by atoms with van der Waals surface area (Å²) in [5, 5.41) is 0.387. The normalized spacial score (nSPS) is 22.2. The highest BCUT2D eigenvalue weighted by molar-refractivity contribution is 7.90. The number of likely N-dealkylation sites (tertiary alicyclic amines) is 1. The van der Waals surface area contributed by atoms with Gasteiger partial charge in [0.25, 0.3) is 10.0 Å². The van der Waals surface area contributed by atoms with E-state index in [0.29, 0.717) is 23.9 Å². The standard InChI is InChI=1S/C26H30N4O5S/c1-25(2,3)35-24(32)29-14-8-12-26(13-16-29)21-19-11-15-30(36(33,34)18-9-6-5-7-10-18)22(19)27-17-20(21)28(4)23(26)31/h5-7,9-11,15,17H,8,12-14,16H2,1-4H3/i4D3. The molecule has 0 aliphatic carbocycles. The van der Waals surface area contributed by atoms with E-state index in [0.717, 1.165) is 8.87 Å². The van der Waals surface area contributed by atoms with Crippen LogP contribution < -0.4 is 4.90 Å². The lowest BCUT2D eigenvalue weighted by atomic mass is 9.74. The second-order valence-electron chi connectivity index (χ2n) is 10.2. The first-order valence-corrected chi connectivity index (χ1v) is 13.2. The lowest BCUT2D eigenvalue weighted by molar-refractivity contribution is -0.123. The third kappa shape index (κ3) is 3.75. The Kier molecular flexibility index (Phi) is 4.80. The van der Waals surface area contributed by atoms with Crippen LogP contribution in [0, 0.1) is 0 Å². The summed E-state index contributed by atoms with van der Waals surface area (Å²) in [5.74, 6) is -0.600. The summed E-state index contributed by atoms with van der Waals surface area (Å²) in [6.45, 7) is 3.04. The van der Waals surface area contributed by atoms with E-state index in [-0.39, 0.29) is 35.6 Å². The van der Waals surface area contributed by atoms with Crippen LogP contribution in [0.5, 0.6) is 0 Å². The number of fused-ring (bicyclic) bond motifs is 4. The van der Waals surface area contributed by atoms with E-state index in [1.165, 1.54) is 29.4 Å². The lowest BCUT2D eigenvalue weighted by Gasteiger charge is -2.28. The van der Waals surface area contributed by atoms with Crippen LogP contribution in [0.25, 0.3) is 11.0 Å². The first-order valence-electron chi connectivity index (χ1n) is 13.3. The molecule has 36 heavy (non-hydrogen) atoms. The van der Waals surface area contributed by atoms with Gasteiger partial charge in [0.05, 0.1) is 22.2 Å². The third-order valence-electron chi connectivity index (χ3n) is 6.78. The SMILES string of the molecule is [2H]C([2H])([2H])N1C(=O)C2(CCCN(C(=O)OC(C)(C)C)CC2)c2c1cnc1c2ccn1S(=O)(=O)c1ccccc1. The van der Waals surface area contributed by atoms with Gasteiger partial charge in [-0.05, 0) is 58.2 Å². The van der Waals surface area contributed by atoms with Crippen molar-refractivity contribution in [2.24, 2.45) is 0 Å². The molecule has 1 spiro atoms. The Hall–Kier alpha value is -3.40. The molecule has 10 heteroatoms. The molecule has 4 heterocycles. The summed E-state index contributed by atoms with van der Waals surface area (Å²) in [5.41, 5.74) is -1.30. The number of ether oxygens (including phenoxy) is 1. The fourth-order valence-electron chi connectivity index (χ4n) is 5.16. The summed E-state index contributed by atoms with van der Waals surface area (Å²) >= 11 is 0. The molecule has 1 atom stereocenters. The maximum Gasteiger partial charge on any atom is 0.410 e. The number of hydrogen-bond donors (Lipinski definition) is 0. The number of rotatable bonds is 2. The van der Waals surface area contributed by atoms with Crippen molar-refractivity contribution in [2.75, 3.05) is 25.0 Å².